The Morgan fingerprint density at radius 2 is 1.76 bits per heavy atom. The number of hydrogen-bond acceptors (Lipinski definition) is 7. The predicted molar refractivity (Wildman–Crippen MR) is 162 cm³/mol. The number of hydrogen-bond donors (Lipinski definition) is 2. The second kappa shape index (κ2) is 13.5. The van der Waals surface area contributed by atoms with Gasteiger partial charge in [0.05, 0.1) is 40.4 Å². The quantitative estimate of drug-likeness (QED) is 0.229. The van der Waals surface area contributed by atoms with E-state index in [1.54, 1.807) is 36.7 Å². The highest BCUT2D eigenvalue weighted by Gasteiger charge is 2.25. The maximum absolute atomic E-state index is 13.4. The van der Waals surface area contributed by atoms with E-state index in [-0.39, 0.29) is 28.7 Å². The lowest BCUT2D eigenvalue weighted by molar-refractivity contribution is 0.0161. The fourth-order valence-corrected chi connectivity index (χ4v) is 5.97. The molecule has 0 bridgehead atoms. The molecule has 1 aromatic heterocycles. The maximum Gasteiger partial charge on any atom is 0.261 e. The third-order valence-corrected chi connectivity index (χ3v) is 8.61. The SMILES string of the molecule is O=C(NC[C@H](c1cccnc1)N1CCOCC1)c1cc(Cl)ccc1NS(=O)(=O)c1ccc(Oc2ccccc2Cl)cc1. The van der Waals surface area contributed by atoms with Crippen molar-refractivity contribution >= 4 is 44.8 Å². The number of rotatable bonds is 10. The second-order valence-corrected chi connectivity index (χ2v) is 12.0. The Morgan fingerprint density at radius 3 is 2.48 bits per heavy atom. The molecule has 4 aromatic rings. The minimum absolute atomic E-state index is 0.0146. The lowest BCUT2D eigenvalue weighted by Crippen LogP contribution is -2.44. The van der Waals surface area contributed by atoms with Crippen LogP contribution < -0.4 is 14.8 Å². The van der Waals surface area contributed by atoms with Crippen LogP contribution in [0.3, 0.4) is 0 Å². The molecule has 3 aromatic carbocycles. The molecule has 0 radical (unpaired) electrons. The second-order valence-electron chi connectivity index (χ2n) is 9.46. The number of halogens is 2. The van der Waals surface area contributed by atoms with Crippen LogP contribution in [0.2, 0.25) is 10.0 Å². The fraction of sp³-hybridized carbons (Fsp3) is 0.200. The standard InChI is InChI=1S/C30H28Cl2N4O5S/c31-22-7-12-27(35-42(38,39)24-10-8-23(9-11-24)41-29-6-2-1-5-26(29)32)25(18-22)30(37)34-20-28(21-4-3-13-33-19-21)36-14-16-40-17-15-36/h1-13,18-19,28,35H,14-17,20H2,(H,34,37)/t28-/m1/s1. The fourth-order valence-electron chi connectivity index (χ4n) is 4.54. The minimum atomic E-state index is -4.06. The van der Waals surface area contributed by atoms with Crippen LogP contribution in [0, 0.1) is 0 Å². The van der Waals surface area contributed by atoms with Gasteiger partial charge in [-0.25, -0.2) is 8.42 Å². The monoisotopic (exact) mass is 626 g/mol. The molecule has 1 saturated heterocycles. The summed E-state index contributed by atoms with van der Waals surface area (Å²) in [5.74, 6) is 0.391. The van der Waals surface area contributed by atoms with E-state index in [0.29, 0.717) is 47.8 Å². The molecule has 1 amide bonds. The largest absolute Gasteiger partial charge is 0.456 e. The molecule has 0 saturated carbocycles. The van der Waals surface area contributed by atoms with Gasteiger partial charge in [0.15, 0.2) is 0 Å². The molecule has 2 N–H and O–H groups in total. The van der Waals surface area contributed by atoms with Gasteiger partial charge in [-0.2, -0.15) is 0 Å². The summed E-state index contributed by atoms with van der Waals surface area (Å²) in [6.45, 7) is 2.88. The van der Waals surface area contributed by atoms with Gasteiger partial charge in [-0.05, 0) is 66.2 Å². The van der Waals surface area contributed by atoms with Crippen molar-refractivity contribution in [2.45, 2.75) is 10.9 Å². The highest BCUT2D eigenvalue weighted by atomic mass is 35.5. The van der Waals surface area contributed by atoms with Crippen molar-refractivity contribution in [1.82, 2.24) is 15.2 Å². The molecule has 1 aliphatic heterocycles. The Labute approximate surface area is 254 Å². The Balaban J connectivity index is 1.31. The number of aromatic nitrogens is 1. The molecule has 42 heavy (non-hydrogen) atoms. The van der Waals surface area contributed by atoms with Gasteiger partial charge in [0, 0.05) is 37.1 Å². The minimum Gasteiger partial charge on any atom is -0.456 e. The molecule has 5 rings (SSSR count). The highest BCUT2D eigenvalue weighted by molar-refractivity contribution is 7.92. The van der Waals surface area contributed by atoms with Crippen LogP contribution in [0.5, 0.6) is 11.5 Å². The van der Waals surface area contributed by atoms with Crippen molar-refractivity contribution in [3.8, 4) is 11.5 Å². The van der Waals surface area contributed by atoms with Crippen molar-refractivity contribution in [1.29, 1.82) is 0 Å². The zero-order valence-electron chi connectivity index (χ0n) is 22.4. The van der Waals surface area contributed by atoms with Gasteiger partial charge in [0.2, 0.25) is 0 Å². The smallest absolute Gasteiger partial charge is 0.261 e. The Hall–Kier alpha value is -3.67. The third-order valence-electron chi connectivity index (χ3n) is 6.68. The number of amides is 1. The Bertz CT molecular complexity index is 1630. The number of sulfonamides is 1. The summed E-state index contributed by atoms with van der Waals surface area (Å²) in [5.41, 5.74) is 1.14. The van der Waals surface area contributed by atoms with Crippen LogP contribution in [0.1, 0.15) is 22.0 Å². The Kier molecular flexibility index (Phi) is 9.61. The highest BCUT2D eigenvalue weighted by Crippen LogP contribution is 2.30. The normalized spacial score (nSPS) is 14.6. The van der Waals surface area contributed by atoms with Crippen molar-refractivity contribution in [3.63, 3.8) is 0 Å². The van der Waals surface area contributed by atoms with E-state index in [1.165, 1.54) is 42.5 Å². The average Bonchev–Trinajstić information content (AvgIpc) is 3.00. The molecule has 1 fully saturated rings. The molecule has 9 nitrogen and oxygen atoms in total. The first-order chi connectivity index (χ1) is 20.3. The summed E-state index contributed by atoms with van der Waals surface area (Å²) in [6.07, 6.45) is 3.47. The number of carbonyl (C=O) groups is 1. The topological polar surface area (TPSA) is 110 Å². The summed E-state index contributed by atoms with van der Waals surface area (Å²) < 4.78 is 40.3. The van der Waals surface area contributed by atoms with Crippen LogP contribution in [0.15, 0.2) is 96.2 Å². The lowest BCUT2D eigenvalue weighted by atomic mass is 10.1. The molecular weight excluding hydrogens is 599 g/mol. The maximum atomic E-state index is 13.4. The lowest BCUT2D eigenvalue weighted by Gasteiger charge is -2.34. The van der Waals surface area contributed by atoms with E-state index in [1.807, 2.05) is 12.1 Å². The summed E-state index contributed by atoms with van der Waals surface area (Å²) in [6, 6.07) is 20.9. The molecular formula is C30H28Cl2N4O5S. The summed E-state index contributed by atoms with van der Waals surface area (Å²) in [5, 5.41) is 3.68. The van der Waals surface area contributed by atoms with Crippen molar-refractivity contribution in [3.05, 3.63) is 112 Å². The number of carbonyl (C=O) groups excluding carboxylic acids is 1. The van der Waals surface area contributed by atoms with Crippen LogP contribution in [0.25, 0.3) is 0 Å². The van der Waals surface area contributed by atoms with Gasteiger partial charge in [0.25, 0.3) is 15.9 Å². The predicted octanol–water partition coefficient (Wildman–Crippen LogP) is 5.78. The van der Waals surface area contributed by atoms with Gasteiger partial charge in [-0.15, -0.1) is 0 Å². The number of nitrogens with zero attached hydrogens (tertiary/aromatic N) is 2. The van der Waals surface area contributed by atoms with E-state index < -0.39 is 15.9 Å². The first-order valence-electron chi connectivity index (χ1n) is 13.1. The summed E-state index contributed by atoms with van der Waals surface area (Å²) in [4.78, 5) is 19.9. The number of pyridine rings is 1. The average molecular weight is 628 g/mol. The molecule has 1 atom stereocenters. The first-order valence-corrected chi connectivity index (χ1v) is 15.4. The molecule has 218 valence electrons. The Morgan fingerprint density at radius 1 is 1.00 bits per heavy atom. The number of para-hydroxylation sites is 1. The van der Waals surface area contributed by atoms with E-state index in [4.69, 9.17) is 32.7 Å². The van der Waals surface area contributed by atoms with E-state index in [9.17, 15) is 13.2 Å². The van der Waals surface area contributed by atoms with E-state index in [0.717, 1.165) is 5.56 Å². The number of anilines is 1. The number of nitrogens with one attached hydrogen (secondary N) is 2. The number of ether oxygens (including phenoxy) is 2. The molecule has 0 spiro atoms. The van der Waals surface area contributed by atoms with Crippen molar-refractivity contribution < 1.29 is 22.7 Å². The first kappa shape index (κ1) is 29.8. The van der Waals surface area contributed by atoms with Crippen LogP contribution >= 0.6 is 23.2 Å². The van der Waals surface area contributed by atoms with Crippen molar-refractivity contribution in [2.24, 2.45) is 0 Å². The van der Waals surface area contributed by atoms with Gasteiger partial charge < -0.3 is 14.8 Å². The zero-order valence-corrected chi connectivity index (χ0v) is 24.7. The third kappa shape index (κ3) is 7.39. The van der Waals surface area contributed by atoms with Gasteiger partial charge in [-0.3, -0.25) is 19.4 Å². The van der Waals surface area contributed by atoms with Gasteiger partial charge in [-0.1, -0.05) is 41.4 Å². The van der Waals surface area contributed by atoms with Crippen LogP contribution in [0.4, 0.5) is 5.69 Å². The molecule has 2 heterocycles. The van der Waals surface area contributed by atoms with Gasteiger partial charge >= 0.3 is 0 Å². The van der Waals surface area contributed by atoms with Gasteiger partial charge in [0.1, 0.15) is 11.5 Å². The zero-order chi connectivity index (χ0) is 29.5. The number of benzene rings is 3. The molecule has 0 aliphatic carbocycles. The molecule has 1 aliphatic rings. The number of morpholine rings is 1. The molecule has 0 unspecified atom stereocenters. The summed E-state index contributed by atoms with van der Waals surface area (Å²) in [7, 11) is -4.06. The van der Waals surface area contributed by atoms with Crippen LogP contribution in [-0.4, -0.2) is 57.1 Å². The van der Waals surface area contributed by atoms with Crippen LogP contribution in [-0.2, 0) is 14.8 Å². The summed E-state index contributed by atoms with van der Waals surface area (Å²) >= 11 is 12.4. The van der Waals surface area contributed by atoms with E-state index in [2.05, 4.69) is 19.9 Å². The molecule has 12 heteroatoms. The van der Waals surface area contributed by atoms with E-state index >= 15 is 0 Å². The van der Waals surface area contributed by atoms with Crippen molar-refractivity contribution in [2.75, 3.05) is 37.6 Å².